The zero-order valence-corrected chi connectivity index (χ0v) is 13.2. The van der Waals surface area contributed by atoms with Gasteiger partial charge in [-0.15, -0.1) is 0 Å². The van der Waals surface area contributed by atoms with Crippen molar-refractivity contribution in [1.82, 2.24) is 9.97 Å². The van der Waals surface area contributed by atoms with Crippen LogP contribution >= 0.6 is 11.6 Å². The van der Waals surface area contributed by atoms with Crippen molar-refractivity contribution >= 4 is 23.4 Å². The minimum absolute atomic E-state index is 0.0151. The number of esters is 1. The van der Waals surface area contributed by atoms with Crippen LogP contribution in [0.25, 0.3) is 0 Å². The van der Waals surface area contributed by atoms with Crippen molar-refractivity contribution in [2.75, 3.05) is 11.9 Å². The van der Waals surface area contributed by atoms with Crippen LogP contribution in [0.4, 0.5) is 5.82 Å². The summed E-state index contributed by atoms with van der Waals surface area (Å²) in [5.41, 5.74) is 2.23. The number of carbonyl (C=O) groups excluding carboxylic acids is 1. The normalized spacial score (nSPS) is 19.3. The summed E-state index contributed by atoms with van der Waals surface area (Å²) in [5, 5.41) is 13.4. The van der Waals surface area contributed by atoms with Gasteiger partial charge in [0.15, 0.2) is 0 Å². The van der Waals surface area contributed by atoms with Crippen LogP contribution in [0.2, 0.25) is 5.28 Å². The summed E-state index contributed by atoms with van der Waals surface area (Å²) in [6.45, 7) is 1.97. The standard InChI is InChI=1S/C16H16ClN3O3/c1-2-23-15(22)11-8-18-16(17)20-14(11)19-13-10-6-4-3-5-9(10)7-12(13)21/h3-6,8,12-13,21H,2,7H2,1H3,(H,18,19,20)/t12-,13?/m0/s1. The summed E-state index contributed by atoms with van der Waals surface area (Å²) in [6.07, 6.45) is 1.25. The molecule has 0 saturated heterocycles. The molecular weight excluding hydrogens is 318 g/mol. The molecule has 3 rings (SSSR count). The number of ether oxygens (including phenoxy) is 1. The summed E-state index contributed by atoms with van der Waals surface area (Å²) in [5.74, 6) is -0.281. The first-order valence-corrected chi connectivity index (χ1v) is 7.70. The van der Waals surface area contributed by atoms with E-state index in [4.69, 9.17) is 16.3 Å². The number of aliphatic hydroxyl groups is 1. The Morgan fingerprint density at radius 3 is 3.04 bits per heavy atom. The van der Waals surface area contributed by atoms with Gasteiger partial charge in [0.25, 0.3) is 0 Å². The van der Waals surface area contributed by atoms with E-state index in [9.17, 15) is 9.90 Å². The van der Waals surface area contributed by atoms with Crippen molar-refractivity contribution in [2.45, 2.75) is 25.5 Å². The van der Waals surface area contributed by atoms with Gasteiger partial charge in [-0.1, -0.05) is 24.3 Å². The molecule has 1 aromatic carbocycles. The maximum absolute atomic E-state index is 12.0. The zero-order chi connectivity index (χ0) is 16.4. The SMILES string of the molecule is CCOC(=O)c1cnc(Cl)nc1NC1c2ccccc2C[C@@H]1O. The number of nitrogens with zero attached hydrogens (tertiary/aromatic N) is 2. The molecule has 7 heteroatoms. The molecule has 1 aliphatic rings. The lowest BCUT2D eigenvalue weighted by Gasteiger charge is -2.20. The van der Waals surface area contributed by atoms with Gasteiger partial charge in [0.05, 0.1) is 18.8 Å². The molecule has 1 aromatic heterocycles. The third kappa shape index (κ3) is 3.13. The van der Waals surface area contributed by atoms with Crippen molar-refractivity contribution in [2.24, 2.45) is 0 Å². The minimum atomic E-state index is -0.615. The molecule has 2 aromatic rings. The second-order valence-corrected chi connectivity index (χ2v) is 5.55. The minimum Gasteiger partial charge on any atom is -0.462 e. The topological polar surface area (TPSA) is 84.3 Å². The van der Waals surface area contributed by atoms with Gasteiger partial charge in [-0.3, -0.25) is 0 Å². The maximum Gasteiger partial charge on any atom is 0.343 e. The fraction of sp³-hybridized carbons (Fsp3) is 0.312. The smallest absolute Gasteiger partial charge is 0.343 e. The predicted octanol–water partition coefficient (Wildman–Crippen LogP) is 2.38. The van der Waals surface area contributed by atoms with Gasteiger partial charge in [-0.25, -0.2) is 9.78 Å². The van der Waals surface area contributed by atoms with E-state index in [0.29, 0.717) is 6.42 Å². The summed E-state index contributed by atoms with van der Waals surface area (Å²) < 4.78 is 5.00. The Morgan fingerprint density at radius 2 is 2.26 bits per heavy atom. The van der Waals surface area contributed by atoms with Crippen molar-refractivity contribution < 1.29 is 14.6 Å². The molecule has 0 bridgehead atoms. The van der Waals surface area contributed by atoms with Crippen LogP contribution in [0, 0.1) is 0 Å². The first-order chi connectivity index (χ1) is 11.1. The lowest BCUT2D eigenvalue weighted by molar-refractivity contribution is 0.0526. The molecule has 0 saturated carbocycles. The van der Waals surface area contributed by atoms with Crippen molar-refractivity contribution in [3.05, 3.63) is 52.4 Å². The molecule has 2 N–H and O–H groups in total. The fourth-order valence-corrected chi connectivity index (χ4v) is 2.86. The van der Waals surface area contributed by atoms with E-state index in [1.54, 1.807) is 6.92 Å². The Labute approximate surface area is 138 Å². The number of halogens is 1. The summed E-state index contributed by atoms with van der Waals surface area (Å²) >= 11 is 5.84. The van der Waals surface area contributed by atoms with E-state index in [-0.39, 0.29) is 29.3 Å². The monoisotopic (exact) mass is 333 g/mol. The van der Waals surface area contributed by atoms with Crippen molar-refractivity contribution in [1.29, 1.82) is 0 Å². The number of nitrogens with one attached hydrogen (secondary N) is 1. The number of carbonyl (C=O) groups is 1. The highest BCUT2D eigenvalue weighted by Gasteiger charge is 2.32. The Kier molecular flexibility index (Phi) is 4.45. The second-order valence-electron chi connectivity index (χ2n) is 5.21. The first kappa shape index (κ1) is 15.7. The van der Waals surface area contributed by atoms with E-state index in [0.717, 1.165) is 11.1 Å². The van der Waals surface area contributed by atoms with E-state index in [1.165, 1.54) is 6.20 Å². The molecule has 6 nitrogen and oxygen atoms in total. The number of benzene rings is 1. The molecule has 0 fully saturated rings. The number of rotatable bonds is 4. The van der Waals surface area contributed by atoms with Crippen molar-refractivity contribution in [3.8, 4) is 0 Å². The van der Waals surface area contributed by atoms with E-state index in [1.807, 2.05) is 24.3 Å². The Morgan fingerprint density at radius 1 is 1.48 bits per heavy atom. The summed E-state index contributed by atoms with van der Waals surface area (Å²) in [7, 11) is 0. The molecule has 120 valence electrons. The number of hydrogen-bond donors (Lipinski definition) is 2. The highest BCUT2D eigenvalue weighted by molar-refractivity contribution is 6.28. The van der Waals surface area contributed by atoms with Crippen LogP contribution in [0.5, 0.6) is 0 Å². The lowest BCUT2D eigenvalue weighted by atomic mass is 10.1. The number of aliphatic hydroxyl groups excluding tert-OH is 1. The van der Waals surface area contributed by atoms with Gasteiger partial charge in [0, 0.05) is 12.6 Å². The van der Waals surface area contributed by atoms with Gasteiger partial charge in [0.1, 0.15) is 11.4 Å². The molecule has 23 heavy (non-hydrogen) atoms. The van der Waals surface area contributed by atoms with Gasteiger partial charge >= 0.3 is 5.97 Å². The number of fused-ring (bicyclic) bond motifs is 1. The lowest BCUT2D eigenvalue weighted by Crippen LogP contribution is -2.23. The Bertz CT molecular complexity index is 738. The van der Waals surface area contributed by atoms with E-state index < -0.39 is 12.1 Å². The quantitative estimate of drug-likeness (QED) is 0.660. The first-order valence-electron chi connectivity index (χ1n) is 7.32. The second kappa shape index (κ2) is 6.52. The maximum atomic E-state index is 12.0. The van der Waals surface area contributed by atoms with Gasteiger partial charge in [-0.05, 0) is 29.7 Å². The van der Waals surface area contributed by atoms with E-state index >= 15 is 0 Å². The highest BCUT2D eigenvalue weighted by atomic mass is 35.5. The van der Waals surface area contributed by atoms with Crippen LogP contribution in [0.3, 0.4) is 0 Å². The van der Waals surface area contributed by atoms with Crippen LogP contribution in [-0.4, -0.2) is 33.8 Å². The average Bonchev–Trinajstić information content (AvgIpc) is 2.84. The molecule has 0 aliphatic heterocycles. The van der Waals surface area contributed by atoms with E-state index in [2.05, 4.69) is 15.3 Å². The zero-order valence-electron chi connectivity index (χ0n) is 12.5. The average molecular weight is 334 g/mol. The molecule has 0 radical (unpaired) electrons. The largest absolute Gasteiger partial charge is 0.462 e. The molecule has 2 atom stereocenters. The highest BCUT2D eigenvalue weighted by Crippen LogP contribution is 2.34. The third-order valence-corrected chi connectivity index (χ3v) is 3.93. The molecule has 1 heterocycles. The Balaban J connectivity index is 1.94. The number of hydrogen-bond acceptors (Lipinski definition) is 6. The Hall–Kier alpha value is -2.18. The van der Waals surface area contributed by atoms with Crippen molar-refractivity contribution in [3.63, 3.8) is 0 Å². The van der Waals surface area contributed by atoms with Crippen LogP contribution in [-0.2, 0) is 11.2 Å². The predicted molar refractivity (Wildman–Crippen MR) is 85.5 cm³/mol. The summed E-state index contributed by atoms with van der Waals surface area (Å²) in [6, 6.07) is 7.38. The number of aromatic nitrogens is 2. The molecule has 0 amide bonds. The van der Waals surface area contributed by atoms with Crippen LogP contribution < -0.4 is 5.32 Å². The summed E-state index contributed by atoms with van der Waals surface area (Å²) in [4.78, 5) is 19.9. The molecule has 0 spiro atoms. The fourth-order valence-electron chi connectivity index (χ4n) is 2.72. The third-order valence-electron chi connectivity index (χ3n) is 3.75. The molecule has 1 unspecified atom stereocenters. The molecule has 1 aliphatic carbocycles. The van der Waals surface area contributed by atoms with Gasteiger partial charge in [-0.2, -0.15) is 4.98 Å². The van der Waals surface area contributed by atoms with Gasteiger partial charge < -0.3 is 15.2 Å². The van der Waals surface area contributed by atoms with Crippen LogP contribution in [0.1, 0.15) is 34.5 Å². The van der Waals surface area contributed by atoms with Crippen LogP contribution in [0.15, 0.2) is 30.5 Å². The molecular formula is C16H16ClN3O3. The number of anilines is 1. The van der Waals surface area contributed by atoms with Gasteiger partial charge in [0.2, 0.25) is 5.28 Å².